The predicted octanol–water partition coefficient (Wildman–Crippen LogP) is 8.03. The average molecular weight is 478 g/mol. The molecular weight excluding hydrogens is 454 g/mol. The smallest absolute Gasteiger partial charge is 0.265 e. The van der Waals surface area contributed by atoms with Gasteiger partial charge in [-0.25, -0.2) is 4.90 Å². The second-order valence-electron chi connectivity index (χ2n) is 9.99. The lowest BCUT2D eigenvalue weighted by Gasteiger charge is -2.30. The number of imide groups is 1. The maximum Gasteiger partial charge on any atom is 0.265 e. The van der Waals surface area contributed by atoms with E-state index < -0.39 is 0 Å². The van der Waals surface area contributed by atoms with Crippen molar-refractivity contribution in [2.45, 2.75) is 26.7 Å². The molecule has 0 bridgehead atoms. The van der Waals surface area contributed by atoms with Crippen LogP contribution in [0.25, 0.3) is 43.1 Å². The molecule has 6 aromatic carbocycles. The van der Waals surface area contributed by atoms with Gasteiger partial charge in [0.15, 0.2) is 0 Å². The van der Waals surface area contributed by atoms with Crippen LogP contribution in [0.15, 0.2) is 78.9 Å². The molecule has 0 saturated carbocycles. The van der Waals surface area contributed by atoms with Crippen LogP contribution in [0.5, 0.6) is 0 Å². The van der Waals surface area contributed by atoms with E-state index in [1.807, 2.05) is 55.5 Å². The summed E-state index contributed by atoms with van der Waals surface area (Å²) in [6.07, 6.45) is 0. The molecule has 0 unspecified atom stereocenters. The van der Waals surface area contributed by atoms with Crippen molar-refractivity contribution in [1.82, 2.24) is 0 Å². The summed E-state index contributed by atoms with van der Waals surface area (Å²) in [5.41, 5.74) is 3.77. The lowest BCUT2D eigenvalue weighted by molar-refractivity contribution is 0.0893. The van der Waals surface area contributed by atoms with E-state index in [2.05, 4.69) is 56.0 Å². The molecule has 1 aliphatic heterocycles. The molecule has 0 atom stereocenters. The summed E-state index contributed by atoms with van der Waals surface area (Å²) < 4.78 is 0. The number of fused-ring (bicyclic) bond motifs is 2. The van der Waals surface area contributed by atoms with Crippen molar-refractivity contribution in [2.75, 3.05) is 4.90 Å². The van der Waals surface area contributed by atoms with Gasteiger partial charge in [0.25, 0.3) is 11.8 Å². The molecule has 0 N–H and O–H groups in total. The van der Waals surface area contributed by atoms with Gasteiger partial charge in [-0.2, -0.15) is 0 Å². The lowest BCUT2D eigenvalue weighted by Crippen LogP contribution is -2.41. The first-order valence-electron chi connectivity index (χ1n) is 12.6. The van der Waals surface area contributed by atoms with Crippen molar-refractivity contribution >= 4 is 60.6 Å². The van der Waals surface area contributed by atoms with Crippen LogP contribution in [0, 0.1) is 11.8 Å². The largest absolute Gasteiger partial charge is 0.268 e. The van der Waals surface area contributed by atoms with Gasteiger partial charge in [0, 0.05) is 22.1 Å². The Balaban J connectivity index is 1.58. The maximum absolute atomic E-state index is 14.0. The molecule has 176 valence electrons. The summed E-state index contributed by atoms with van der Waals surface area (Å²) in [5, 5.41) is 8.32. The molecule has 37 heavy (non-hydrogen) atoms. The van der Waals surface area contributed by atoms with Crippen LogP contribution in [-0.4, -0.2) is 11.8 Å². The maximum atomic E-state index is 14.0. The van der Waals surface area contributed by atoms with Crippen molar-refractivity contribution in [3.63, 3.8) is 0 Å². The molecule has 7 rings (SSSR count). The van der Waals surface area contributed by atoms with Gasteiger partial charge in [0.1, 0.15) is 0 Å². The molecule has 3 nitrogen and oxygen atoms in total. The zero-order valence-corrected chi connectivity index (χ0v) is 20.8. The predicted molar refractivity (Wildman–Crippen MR) is 152 cm³/mol. The number of hydrogen-bond donors (Lipinski definition) is 0. The highest BCUT2D eigenvalue weighted by Crippen LogP contribution is 2.45. The Kier molecular flexibility index (Phi) is 4.47. The molecule has 3 heteroatoms. The minimum atomic E-state index is -0.271. The SMILES string of the molecule is CC#Cc1ccc2c3ccc4c5c(ccc(c6cccc1c62)c53)C(=O)N(c1ccccc1C(C)C)C4=O. The van der Waals surface area contributed by atoms with Gasteiger partial charge < -0.3 is 0 Å². The molecule has 0 saturated heterocycles. The van der Waals surface area contributed by atoms with Crippen molar-refractivity contribution in [1.29, 1.82) is 0 Å². The van der Waals surface area contributed by atoms with E-state index in [9.17, 15) is 9.59 Å². The summed E-state index contributed by atoms with van der Waals surface area (Å²) in [6, 6.07) is 26.1. The third-order valence-electron chi connectivity index (χ3n) is 7.71. The van der Waals surface area contributed by atoms with Gasteiger partial charge in [-0.3, -0.25) is 9.59 Å². The first-order valence-corrected chi connectivity index (χ1v) is 12.6. The Morgan fingerprint density at radius 1 is 0.622 bits per heavy atom. The first kappa shape index (κ1) is 21.6. The lowest BCUT2D eigenvalue weighted by atomic mass is 9.84. The number of carbonyl (C=O) groups is 2. The number of amides is 2. The van der Waals surface area contributed by atoms with Crippen LogP contribution in [0.1, 0.15) is 58.5 Å². The second-order valence-corrected chi connectivity index (χ2v) is 9.99. The number of benzene rings is 6. The van der Waals surface area contributed by atoms with E-state index in [1.54, 1.807) is 0 Å². The Morgan fingerprint density at radius 3 is 1.89 bits per heavy atom. The fourth-order valence-electron chi connectivity index (χ4n) is 6.13. The summed E-state index contributed by atoms with van der Waals surface area (Å²) in [4.78, 5) is 29.3. The molecule has 0 spiro atoms. The Hall–Kier alpha value is -4.68. The van der Waals surface area contributed by atoms with E-state index in [-0.39, 0.29) is 17.7 Å². The number of rotatable bonds is 2. The number of hydrogen-bond acceptors (Lipinski definition) is 2. The van der Waals surface area contributed by atoms with Gasteiger partial charge in [0.2, 0.25) is 0 Å². The summed E-state index contributed by atoms with van der Waals surface area (Å²) in [7, 11) is 0. The third kappa shape index (κ3) is 2.79. The van der Waals surface area contributed by atoms with Gasteiger partial charge in [-0.15, -0.1) is 5.92 Å². The zero-order valence-electron chi connectivity index (χ0n) is 20.8. The standard InChI is InChI=1S/C34H23NO2/c1-4-8-20-13-14-24-26-16-18-28-32-27(17-15-25(31(26)32)23-11-7-10-22(20)30(23)24)33(36)35(34(28)37)29-12-6-5-9-21(29)19(2)3/h5-7,9-19H,1-3H3. The Bertz CT molecular complexity index is 1950. The third-order valence-corrected chi connectivity index (χ3v) is 7.71. The van der Waals surface area contributed by atoms with Crippen molar-refractivity contribution in [2.24, 2.45) is 0 Å². The van der Waals surface area contributed by atoms with Gasteiger partial charge in [-0.05, 0) is 80.4 Å². The highest BCUT2D eigenvalue weighted by Gasteiger charge is 2.36. The topological polar surface area (TPSA) is 37.4 Å². The van der Waals surface area contributed by atoms with Crippen LogP contribution in [0.2, 0.25) is 0 Å². The number of para-hydroxylation sites is 1. The molecule has 2 amide bonds. The van der Waals surface area contributed by atoms with E-state index >= 15 is 0 Å². The van der Waals surface area contributed by atoms with Gasteiger partial charge in [0.05, 0.1) is 5.69 Å². The number of carbonyl (C=O) groups excluding carboxylic acids is 2. The minimum absolute atomic E-state index is 0.174. The molecule has 1 aliphatic rings. The molecule has 0 radical (unpaired) electrons. The molecule has 1 heterocycles. The first-order chi connectivity index (χ1) is 18.0. The normalized spacial score (nSPS) is 13.4. The number of nitrogens with zero attached hydrogens (tertiary/aromatic N) is 1. The van der Waals surface area contributed by atoms with E-state index in [0.717, 1.165) is 48.8 Å². The van der Waals surface area contributed by atoms with Crippen molar-refractivity contribution in [3.8, 4) is 11.8 Å². The van der Waals surface area contributed by atoms with Crippen molar-refractivity contribution < 1.29 is 9.59 Å². The van der Waals surface area contributed by atoms with Crippen LogP contribution in [0.3, 0.4) is 0 Å². The highest BCUT2D eigenvalue weighted by molar-refractivity contribution is 6.42. The Morgan fingerprint density at radius 2 is 1.22 bits per heavy atom. The quantitative estimate of drug-likeness (QED) is 0.110. The van der Waals surface area contributed by atoms with Crippen LogP contribution >= 0.6 is 0 Å². The van der Waals surface area contributed by atoms with Crippen LogP contribution in [0.4, 0.5) is 5.69 Å². The summed E-state index contributed by atoms with van der Waals surface area (Å²) in [6.45, 7) is 6.00. The summed E-state index contributed by atoms with van der Waals surface area (Å²) >= 11 is 0. The summed E-state index contributed by atoms with van der Waals surface area (Å²) in [5.74, 6) is 5.90. The fraction of sp³-hybridized carbons (Fsp3) is 0.118. The Labute approximate surface area is 214 Å². The average Bonchev–Trinajstić information content (AvgIpc) is 2.91. The second kappa shape index (κ2) is 7.66. The molecule has 0 aromatic heterocycles. The monoisotopic (exact) mass is 477 g/mol. The fourth-order valence-corrected chi connectivity index (χ4v) is 6.13. The molecule has 0 fully saturated rings. The van der Waals surface area contributed by atoms with E-state index in [0.29, 0.717) is 16.8 Å². The van der Waals surface area contributed by atoms with E-state index in [4.69, 9.17) is 0 Å². The minimum Gasteiger partial charge on any atom is -0.268 e. The molecule has 0 aliphatic carbocycles. The van der Waals surface area contributed by atoms with Crippen LogP contribution < -0.4 is 4.90 Å². The number of anilines is 1. The zero-order chi connectivity index (χ0) is 25.4. The highest BCUT2D eigenvalue weighted by atomic mass is 16.2. The van der Waals surface area contributed by atoms with Gasteiger partial charge >= 0.3 is 0 Å². The van der Waals surface area contributed by atoms with E-state index in [1.165, 1.54) is 10.3 Å². The van der Waals surface area contributed by atoms with Crippen LogP contribution in [-0.2, 0) is 0 Å². The molecule has 6 aromatic rings. The van der Waals surface area contributed by atoms with Gasteiger partial charge in [-0.1, -0.05) is 74.4 Å². The molecular formula is C34H23NO2. The van der Waals surface area contributed by atoms with Crippen molar-refractivity contribution in [3.05, 3.63) is 101 Å².